The molecule has 0 radical (unpaired) electrons. The zero-order chi connectivity index (χ0) is 9.76. The lowest BCUT2D eigenvalue weighted by atomic mass is 9.50. The highest BCUT2D eigenvalue weighted by molar-refractivity contribution is 5.06. The highest BCUT2D eigenvalue weighted by Gasteiger charge is 2.55. The summed E-state index contributed by atoms with van der Waals surface area (Å²) in [6, 6.07) is 0. The third kappa shape index (κ3) is 1.01. The first-order chi connectivity index (χ1) is 6.72. The van der Waals surface area contributed by atoms with Gasteiger partial charge in [0.25, 0.3) is 0 Å². The van der Waals surface area contributed by atoms with E-state index in [4.69, 9.17) is 4.74 Å². The van der Waals surface area contributed by atoms with Crippen molar-refractivity contribution in [3.63, 3.8) is 0 Å². The summed E-state index contributed by atoms with van der Waals surface area (Å²) in [4.78, 5) is 0. The van der Waals surface area contributed by atoms with Crippen LogP contribution in [0.3, 0.4) is 0 Å². The third-order valence-corrected chi connectivity index (χ3v) is 5.10. The molecule has 4 fully saturated rings. The molecule has 4 bridgehead atoms. The summed E-state index contributed by atoms with van der Waals surface area (Å²) in [5.41, 5.74) is 0.134. The first-order valence-corrected chi connectivity index (χ1v) is 6.01. The summed E-state index contributed by atoms with van der Waals surface area (Å²) in [5, 5.41) is 0. The van der Waals surface area contributed by atoms with Gasteiger partial charge >= 0.3 is 0 Å². The van der Waals surface area contributed by atoms with Crippen molar-refractivity contribution < 1.29 is 4.74 Å². The van der Waals surface area contributed by atoms with Crippen molar-refractivity contribution in [2.45, 2.75) is 44.6 Å². The minimum Gasteiger partial charge on any atom is -0.495 e. The predicted octanol–water partition coefficient (Wildman–Crippen LogP) is 3.36. The minimum atomic E-state index is 0.134. The molecule has 0 unspecified atom stereocenters. The maximum atomic E-state index is 5.87. The van der Waals surface area contributed by atoms with E-state index in [1.54, 1.807) is 6.26 Å². The van der Waals surface area contributed by atoms with Crippen molar-refractivity contribution in [3.05, 3.63) is 12.8 Å². The molecule has 0 N–H and O–H groups in total. The van der Waals surface area contributed by atoms with E-state index >= 15 is 0 Å². The second-order valence-electron chi connectivity index (χ2n) is 5.77. The monoisotopic (exact) mass is 192 g/mol. The molecule has 0 amide bonds. The SMILES string of the molecule is C=COC1(C)C2CC3CC(C2)CC1C3. The lowest BCUT2D eigenvalue weighted by Crippen LogP contribution is -2.56. The molecule has 4 aliphatic rings. The van der Waals surface area contributed by atoms with Gasteiger partial charge in [-0.05, 0) is 62.7 Å². The molecule has 0 saturated heterocycles. The third-order valence-electron chi connectivity index (χ3n) is 5.10. The second kappa shape index (κ2) is 2.77. The van der Waals surface area contributed by atoms with Gasteiger partial charge < -0.3 is 4.74 Å². The van der Waals surface area contributed by atoms with Crippen LogP contribution in [-0.4, -0.2) is 5.60 Å². The molecule has 0 aromatic heterocycles. The summed E-state index contributed by atoms with van der Waals surface area (Å²) in [6.07, 6.45) is 8.84. The molecule has 1 heteroatoms. The molecule has 4 aliphatic carbocycles. The standard InChI is InChI=1S/C13H20O/c1-3-14-13(2)11-5-9-4-10(7-11)8-12(13)6-9/h3,9-12H,1,4-8H2,2H3. The highest BCUT2D eigenvalue weighted by Crippen LogP contribution is 2.59. The molecule has 78 valence electrons. The van der Waals surface area contributed by atoms with Gasteiger partial charge in [-0.1, -0.05) is 6.58 Å². The number of hydrogen-bond donors (Lipinski definition) is 0. The van der Waals surface area contributed by atoms with E-state index < -0.39 is 0 Å². The Hall–Kier alpha value is -0.460. The average molecular weight is 192 g/mol. The van der Waals surface area contributed by atoms with Crippen molar-refractivity contribution in [1.29, 1.82) is 0 Å². The fourth-order valence-electron chi connectivity index (χ4n) is 4.49. The molecule has 0 aromatic rings. The Balaban J connectivity index is 1.90. The van der Waals surface area contributed by atoms with E-state index in [1.165, 1.54) is 32.1 Å². The Morgan fingerprint density at radius 3 is 2.00 bits per heavy atom. The van der Waals surface area contributed by atoms with Gasteiger partial charge in [0.05, 0.1) is 6.26 Å². The van der Waals surface area contributed by atoms with E-state index in [1.807, 2.05) is 0 Å². The first kappa shape index (κ1) is 8.82. The van der Waals surface area contributed by atoms with Crippen LogP contribution >= 0.6 is 0 Å². The van der Waals surface area contributed by atoms with Crippen molar-refractivity contribution in [2.24, 2.45) is 23.7 Å². The molecule has 0 aliphatic heterocycles. The van der Waals surface area contributed by atoms with Crippen LogP contribution < -0.4 is 0 Å². The molecule has 0 heterocycles. The van der Waals surface area contributed by atoms with Crippen LogP contribution in [0.15, 0.2) is 12.8 Å². The minimum absolute atomic E-state index is 0.134. The van der Waals surface area contributed by atoms with Crippen LogP contribution in [0.4, 0.5) is 0 Å². The quantitative estimate of drug-likeness (QED) is 0.610. The van der Waals surface area contributed by atoms with E-state index in [2.05, 4.69) is 13.5 Å². The van der Waals surface area contributed by atoms with Crippen molar-refractivity contribution in [2.75, 3.05) is 0 Å². The Kier molecular flexibility index (Phi) is 1.75. The molecule has 1 nitrogen and oxygen atoms in total. The summed E-state index contributed by atoms with van der Waals surface area (Å²) in [7, 11) is 0. The predicted molar refractivity (Wildman–Crippen MR) is 56.7 cm³/mol. The Labute approximate surface area is 86.5 Å². The normalized spacial score (nSPS) is 54.6. The Morgan fingerprint density at radius 1 is 1.07 bits per heavy atom. The second-order valence-corrected chi connectivity index (χ2v) is 5.77. The van der Waals surface area contributed by atoms with Gasteiger partial charge in [0.2, 0.25) is 0 Å². The van der Waals surface area contributed by atoms with Gasteiger partial charge in [-0.15, -0.1) is 0 Å². The van der Waals surface area contributed by atoms with Crippen LogP contribution in [0, 0.1) is 23.7 Å². The maximum Gasteiger partial charge on any atom is 0.111 e. The lowest BCUT2D eigenvalue weighted by Gasteiger charge is -2.59. The zero-order valence-corrected chi connectivity index (χ0v) is 9.04. The van der Waals surface area contributed by atoms with Gasteiger partial charge in [-0.25, -0.2) is 0 Å². The Morgan fingerprint density at radius 2 is 1.57 bits per heavy atom. The van der Waals surface area contributed by atoms with Crippen LogP contribution in [0.25, 0.3) is 0 Å². The van der Waals surface area contributed by atoms with E-state index in [0.717, 1.165) is 23.7 Å². The smallest absolute Gasteiger partial charge is 0.111 e. The number of ether oxygens (including phenoxy) is 1. The Bertz CT molecular complexity index is 228. The number of hydrogen-bond acceptors (Lipinski definition) is 1. The fraction of sp³-hybridized carbons (Fsp3) is 0.846. The number of rotatable bonds is 2. The van der Waals surface area contributed by atoms with Gasteiger partial charge in [0.1, 0.15) is 5.60 Å². The van der Waals surface area contributed by atoms with Gasteiger partial charge in [0, 0.05) is 0 Å². The highest BCUT2D eigenvalue weighted by atomic mass is 16.5. The molecule has 0 atom stereocenters. The lowest BCUT2D eigenvalue weighted by molar-refractivity contribution is -0.165. The van der Waals surface area contributed by atoms with Crippen LogP contribution in [0.2, 0.25) is 0 Å². The summed E-state index contributed by atoms with van der Waals surface area (Å²) in [5.74, 6) is 3.69. The average Bonchev–Trinajstić information content (AvgIpc) is 2.14. The molecular formula is C13H20O. The van der Waals surface area contributed by atoms with E-state index in [0.29, 0.717) is 0 Å². The maximum absolute atomic E-state index is 5.87. The molecule has 14 heavy (non-hydrogen) atoms. The van der Waals surface area contributed by atoms with E-state index in [-0.39, 0.29) is 5.60 Å². The topological polar surface area (TPSA) is 9.23 Å². The fourth-order valence-corrected chi connectivity index (χ4v) is 4.49. The summed E-state index contributed by atoms with van der Waals surface area (Å²) in [6.45, 7) is 6.06. The van der Waals surface area contributed by atoms with Crippen molar-refractivity contribution >= 4 is 0 Å². The summed E-state index contributed by atoms with van der Waals surface area (Å²) < 4.78 is 5.87. The first-order valence-electron chi connectivity index (χ1n) is 6.01. The van der Waals surface area contributed by atoms with Crippen LogP contribution in [-0.2, 0) is 4.74 Å². The molecule has 4 rings (SSSR count). The van der Waals surface area contributed by atoms with Gasteiger partial charge in [-0.2, -0.15) is 0 Å². The van der Waals surface area contributed by atoms with Crippen molar-refractivity contribution in [3.8, 4) is 0 Å². The van der Waals surface area contributed by atoms with E-state index in [9.17, 15) is 0 Å². The van der Waals surface area contributed by atoms with Gasteiger partial charge in [-0.3, -0.25) is 0 Å². The van der Waals surface area contributed by atoms with Crippen molar-refractivity contribution in [1.82, 2.24) is 0 Å². The molecular weight excluding hydrogens is 172 g/mol. The summed E-state index contributed by atoms with van der Waals surface area (Å²) >= 11 is 0. The largest absolute Gasteiger partial charge is 0.495 e. The molecule has 0 aromatic carbocycles. The van der Waals surface area contributed by atoms with Gasteiger partial charge in [0.15, 0.2) is 0 Å². The van der Waals surface area contributed by atoms with Crippen LogP contribution in [0.5, 0.6) is 0 Å². The molecule has 4 saturated carbocycles. The zero-order valence-electron chi connectivity index (χ0n) is 9.04. The van der Waals surface area contributed by atoms with Crippen LogP contribution in [0.1, 0.15) is 39.0 Å². The molecule has 0 spiro atoms.